The van der Waals surface area contributed by atoms with Crippen LogP contribution >= 0.6 is 0 Å². The fourth-order valence-electron chi connectivity index (χ4n) is 11.4. The van der Waals surface area contributed by atoms with Gasteiger partial charge in [0.25, 0.3) is 5.92 Å². The summed E-state index contributed by atoms with van der Waals surface area (Å²) in [7, 11) is 0. The molecule has 1 atom stereocenters. The third-order valence-corrected chi connectivity index (χ3v) is 19.7. The van der Waals surface area contributed by atoms with Crippen LogP contribution in [0.2, 0.25) is 0 Å². The highest BCUT2D eigenvalue weighted by Gasteiger charge is 2.53. The lowest BCUT2D eigenvalue weighted by atomic mass is 9.88. The van der Waals surface area contributed by atoms with E-state index in [2.05, 4.69) is 90.0 Å². The summed E-state index contributed by atoms with van der Waals surface area (Å²) in [6, 6.07) is 16.5. The summed E-state index contributed by atoms with van der Waals surface area (Å²) in [6.45, 7) is 58.8. The van der Waals surface area contributed by atoms with Crippen LogP contribution in [0.5, 0.6) is 0 Å². The molecule has 0 aliphatic carbocycles. The molecule has 0 fully saturated rings. The number of benzene rings is 7. The maximum Gasteiger partial charge on any atom is 0.426 e. The van der Waals surface area contributed by atoms with E-state index < -0.39 is 36.1 Å². The maximum atomic E-state index is 13.7. The van der Waals surface area contributed by atoms with Gasteiger partial charge in [0.15, 0.2) is 23.1 Å². The van der Waals surface area contributed by atoms with Gasteiger partial charge in [0.2, 0.25) is 5.67 Å². The number of Topliss-reactive ketones (excluding diaryl/α,β-unsaturated/α-hetero) is 4. The zero-order valence-electron chi connectivity index (χ0n) is 63.9. The summed E-state index contributed by atoms with van der Waals surface area (Å²) < 4.78 is 113. The van der Waals surface area contributed by atoms with E-state index in [0.29, 0.717) is 18.1 Å². The van der Waals surface area contributed by atoms with Crippen LogP contribution in [0.1, 0.15) is 252 Å². The van der Waals surface area contributed by atoms with Crippen LogP contribution in [-0.4, -0.2) is 35.5 Å². The first kappa shape index (κ1) is 87.6. The molecule has 0 radical (unpaired) electrons. The van der Waals surface area contributed by atoms with Gasteiger partial charge in [-0.25, -0.2) is 13.2 Å². The summed E-state index contributed by atoms with van der Waals surface area (Å²) in [6.07, 6.45) is -8.53. The van der Waals surface area contributed by atoms with E-state index in [0.717, 1.165) is 86.5 Å². The molecular formula is C84H109F9O4. The Balaban J connectivity index is 0.000000567. The van der Waals surface area contributed by atoms with E-state index in [4.69, 9.17) is 0 Å². The SMILES string of the molecule is CC(=O)c1c(C)c(C)c(C)c(C)c1C.CC(=O)c1cc(C)c(C)c(C)c1.CCc1c(C)c(C)c(C)c(C)c1C.CCc1c(C)cc(C(C)=O)cc1C.Cc1cc(C(=O)CC(F)(F)F)cc(C)c1C.Cc1cc(C(C)(F)C(F)(F)F)cc(C)c1C.Cc1cc(C(C)(F)F)cc(C)c1C. The number of ketones is 4. The fourth-order valence-corrected chi connectivity index (χ4v) is 11.4. The van der Waals surface area contributed by atoms with Crippen LogP contribution in [0.3, 0.4) is 0 Å². The minimum absolute atomic E-state index is 0.105. The average Bonchev–Trinajstić information content (AvgIpc) is 0.798. The standard InChI is InChI=1S/C13H18O.C13H20.C12H14F4.C12H13F3O.C12H16O.C11H14F2.C11H14O/c1-7-8(2)10(4)13(12(6)14)11(5)9(7)3;1-7-13-11(5)9(3)8(2)10(4)12(13)6;1-7-5-10(6-8(2)9(7)3)11(4,13)12(14,15)16;1-7-4-10(5-8(2)9(7)3)11(16)6-12(13,14)15;1-5-12-8(2)6-11(10(4)13)7-9(12)3;1-7-5-10(11(4,12)13)6-8(2)9(7)3;1-7-5-11(10(4)12)6-8(2)9(7)3/h1-6H3;7H2,1-6H3;5-6H,1-4H3;4-5H,6H2,1-3H3;6-7H,5H2,1-4H3;5-6H,1-4H3;5-6H,1-4H3. The molecular weight excluding hydrogens is 1240 g/mol. The number of hydrogen-bond acceptors (Lipinski definition) is 4. The number of hydrogen-bond donors (Lipinski definition) is 0. The highest BCUT2D eigenvalue weighted by molar-refractivity contribution is 5.98. The normalized spacial score (nSPS) is 11.7. The Kier molecular flexibility index (Phi) is 32.4. The predicted molar refractivity (Wildman–Crippen MR) is 387 cm³/mol. The van der Waals surface area contributed by atoms with Crippen molar-refractivity contribution in [1.29, 1.82) is 0 Å². The van der Waals surface area contributed by atoms with Crippen LogP contribution in [0.15, 0.2) is 60.7 Å². The van der Waals surface area contributed by atoms with Crippen molar-refractivity contribution in [2.45, 2.75) is 258 Å². The predicted octanol–water partition coefficient (Wildman–Crippen LogP) is 24.9. The monoisotopic (exact) mass is 1350 g/mol. The van der Waals surface area contributed by atoms with Crippen molar-refractivity contribution in [1.82, 2.24) is 0 Å². The molecule has 0 aliphatic rings. The van der Waals surface area contributed by atoms with Crippen molar-refractivity contribution in [3.8, 4) is 0 Å². The van der Waals surface area contributed by atoms with Crippen LogP contribution in [0.25, 0.3) is 0 Å². The fraction of sp³-hybridized carbons (Fsp3) is 0.452. The minimum atomic E-state index is -4.89. The Morgan fingerprint density at radius 2 is 0.546 bits per heavy atom. The zero-order chi connectivity index (χ0) is 76.0. The molecule has 0 amide bonds. The lowest BCUT2D eigenvalue weighted by molar-refractivity contribution is -0.228. The second-order valence-corrected chi connectivity index (χ2v) is 26.6. The zero-order valence-corrected chi connectivity index (χ0v) is 63.9. The minimum Gasteiger partial charge on any atom is -0.295 e. The average molecular weight is 1350 g/mol. The third-order valence-electron chi connectivity index (χ3n) is 19.7. The highest BCUT2D eigenvalue weighted by atomic mass is 19.4. The van der Waals surface area contributed by atoms with Crippen molar-refractivity contribution in [3.05, 3.63) is 239 Å². The van der Waals surface area contributed by atoms with Crippen molar-refractivity contribution in [2.75, 3.05) is 0 Å². The van der Waals surface area contributed by atoms with Crippen molar-refractivity contribution >= 4 is 23.1 Å². The van der Waals surface area contributed by atoms with Crippen LogP contribution in [0.4, 0.5) is 39.5 Å². The molecule has 13 heteroatoms. The lowest BCUT2D eigenvalue weighted by Crippen LogP contribution is -2.35. The smallest absolute Gasteiger partial charge is 0.295 e. The molecule has 7 aromatic rings. The number of alkyl halides is 9. The van der Waals surface area contributed by atoms with Crippen molar-refractivity contribution < 1.29 is 58.7 Å². The number of rotatable bonds is 9. The van der Waals surface area contributed by atoms with Gasteiger partial charge in [-0.15, -0.1) is 0 Å². The van der Waals surface area contributed by atoms with E-state index in [1.54, 1.807) is 73.1 Å². The molecule has 0 saturated carbocycles. The quantitative estimate of drug-likeness (QED) is 0.107. The van der Waals surface area contributed by atoms with Gasteiger partial charge in [-0.1, -0.05) is 26.0 Å². The maximum absolute atomic E-state index is 13.7. The summed E-state index contributed by atoms with van der Waals surface area (Å²) >= 11 is 0. The van der Waals surface area contributed by atoms with Gasteiger partial charge >= 0.3 is 12.4 Å². The molecule has 0 bridgehead atoms. The molecule has 0 spiro atoms. The van der Waals surface area contributed by atoms with Gasteiger partial charge < -0.3 is 0 Å². The van der Waals surface area contributed by atoms with Gasteiger partial charge in [0.1, 0.15) is 6.42 Å². The molecule has 7 aromatic carbocycles. The summed E-state index contributed by atoms with van der Waals surface area (Å²) in [5.74, 6) is -3.15. The number of aryl methyl sites for hydroxylation is 10. The molecule has 4 nitrogen and oxygen atoms in total. The van der Waals surface area contributed by atoms with Gasteiger partial charge in [0.05, 0.1) is 0 Å². The topological polar surface area (TPSA) is 68.3 Å². The van der Waals surface area contributed by atoms with E-state index in [1.807, 2.05) is 79.7 Å². The van der Waals surface area contributed by atoms with Crippen LogP contribution in [0, 0.1) is 166 Å². The van der Waals surface area contributed by atoms with Gasteiger partial charge in [-0.3, -0.25) is 19.2 Å². The molecule has 0 saturated heterocycles. The van der Waals surface area contributed by atoms with Crippen LogP contribution < -0.4 is 0 Å². The van der Waals surface area contributed by atoms with Gasteiger partial charge in [-0.05, 0) is 405 Å². The second-order valence-electron chi connectivity index (χ2n) is 26.6. The van der Waals surface area contributed by atoms with E-state index in [-0.39, 0.29) is 34.0 Å². The first-order valence-corrected chi connectivity index (χ1v) is 32.9. The molecule has 7 rings (SSSR count). The largest absolute Gasteiger partial charge is 0.426 e. The first-order chi connectivity index (χ1) is 44.0. The number of halogens is 9. The first-order valence-electron chi connectivity index (χ1n) is 32.9. The number of carbonyl (C=O) groups excluding carboxylic acids is 4. The Bertz CT molecular complexity index is 3820. The second kappa shape index (κ2) is 35.9. The molecule has 0 N–H and O–H groups in total. The van der Waals surface area contributed by atoms with E-state index in [1.165, 1.54) is 102 Å². The van der Waals surface area contributed by atoms with E-state index in [9.17, 15) is 58.7 Å². The molecule has 0 heterocycles. The van der Waals surface area contributed by atoms with E-state index >= 15 is 0 Å². The Morgan fingerprint density at radius 1 is 0.299 bits per heavy atom. The summed E-state index contributed by atoms with van der Waals surface area (Å²) in [5, 5.41) is 0. The Labute approximate surface area is 575 Å². The molecule has 532 valence electrons. The lowest BCUT2D eigenvalue weighted by Gasteiger charge is -2.25. The number of carbonyl (C=O) groups is 4. The molecule has 0 aromatic heterocycles. The van der Waals surface area contributed by atoms with Crippen molar-refractivity contribution in [3.63, 3.8) is 0 Å². The Morgan fingerprint density at radius 3 is 0.794 bits per heavy atom. The molecule has 97 heavy (non-hydrogen) atoms. The summed E-state index contributed by atoms with van der Waals surface area (Å²) in [5.41, 5.74) is 29.5. The third kappa shape index (κ3) is 23.9. The van der Waals surface area contributed by atoms with Crippen molar-refractivity contribution in [2.24, 2.45) is 0 Å². The highest BCUT2D eigenvalue weighted by Crippen LogP contribution is 2.43. The summed E-state index contributed by atoms with van der Waals surface area (Å²) in [4.78, 5) is 45.1. The van der Waals surface area contributed by atoms with Crippen LogP contribution in [-0.2, 0) is 24.4 Å². The molecule has 1 unspecified atom stereocenters. The molecule has 0 aliphatic heterocycles. The Hall–Kier alpha value is -7.41. The van der Waals surface area contributed by atoms with Gasteiger partial charge in [-0.2, -0.15) is 26.3 Å². The van der Waals surface area contributed by atoms with Gasteiger partial charge in [0, 0.05) is 34.7 Å².